The number of carbonyl (C=O) groups excluding carboxylic acids is 1. The minimum atomic E-state index is 0.284. The van der Waals surface area contributed by atoms with E-state index in [-0.39, 0.29) is 5.92 Å². The maximum atomic E-state index is 12.1. The van der Waals surface area contributed by atoms with Crippen LogP contribution >= 0.6 is 23.1 Å². The molecule has 2 aliphatic rings. The van der Waals surface area contributed by atoms with E-state index in [1.165, 1.54) is 23.1 Å². The van der Waals surface area contributed by atoms with E-state index in [9.17, 15) is 4.79 Å². The highest BCUT2D eigenvalue weighted by Gasteiger charge is 2.29. The van der Waals surface area contributed by atoms with Crippen molar-refractivity contribution in [1.82, 2.24) is 19.5 Å². The van der Waals surface area contributed by atoms with Crippen molar-refractivity contribution in [2.24, 2.45) is 5.92 Å². The van der Waals surface area contributed by atoms with Gasteiger partial charge in [0.15, 0.2) is 9.96 Å². The Kier molecular flexibility index (Phi) is 6.07. The Balaban J connectivity index is 1.41. The maximum absolute atomic E-state index is 12.1. The van der Waals surface area contributed by atoms with Gasteiger partial charge in [-0.15, -0.1) is 11.3 Å². The predicted molar refractivity (Wildman–Crippen MR) is 123 cm³/mol. The average Bonchev–Trinajstić information content (AvgIpc) is 3.59. The number of nitrogens with zero attached hydrogens (tertiary/aromatic N) is 5. The second-order valence-electron chi connectivity index (χ2n) is 8.00. The monoisotopic (exact) mass is 468 g/mol. The molecule has 2 fully saturated rings. The zero-order valence-electron chi connectivity index (χ0n) is 17.8. The van der Waals surface area contributed by atoms with E-state index in [1.54, 1.807) is 4.57 Å². The molecule has 1 N–H and O–H groups in total. The quantitative estimate of drug-likeness (QED) is 0.569. The molecule has 0 amide bonds. The Bertz CT molecular complexity index is 1180. The molecule has 8 nitrogen and oxygen atoms in total. The van der Waals surface area contributed by atoms with Crippen LogP contribution in [0.4, 0.5) is 5.95 Å². The summed E-state index contributed by atoms with van der Waals surface area (Å²) in [5, 5.41) is 8.84. The smallest absolute Gasteiger partial charge is 0.241 e. The van der Waals surface area contributed by atoms with E-state index in [1.807, 2.05) is 37.4 Å². The van der Waals surface area contributed by atoms with Crippen molar-refractivity contribution in [2.75, 3.05) is 31.2 Å². The fraction of sp³-hybridized carbons (Fsp3) is 0.409. The van der Waals surface area contributed by atoms with Crippen LogP contribution in [0.1, 0.15) is 23.3 Å². The summed E-state index contributed by atoms with van der Waals surface area (Å²) < 4.78 is 7.16. The fourth-order valence-electron chi connectivity index (χ4n) is 3.54. The molecule has 3 aromatic rings. The van der Waals surface area contributed by atoms with Crippen LogP contribution in [-0.2, 0) is 16.0 Å². The first kappa shape index (κ1) is 21.3. The third-order valence-corrected chi connectivity index (χ3v) is 7.12. The van der Waals surface area contributed by atoms with Gasteiger partial charge in [-0.25, -0.2) is 0 Å². The molecular formula is C22H24N6O2S2. The number of thiazole rings is 1. The summed E-state index contributed by atoms with van der Waals surface area (Å²) in [6.45, 7) is 4.68. The SMILES string of the molecule is Cc1cn(-c2nc(Sc3ccc(CC(=O)C4CC4)cc3)nc(N3CCOCC3)n2)c(=N)s1. The van der Waals surface area contributed by atoms with E-state index in [2.05, 4.69) is 14.9 Å². The molecule has 10 heteroatoms. The number of ketones is 1. The molecule has 32 heavy (non-hydrogen) atoms. The van der Waals surface area contributed by atoms with Gasteiger partial charge in [-0.2, -0.15) is 15.0 Å². The molecule has 0 bridgehead atoms. The number of anilines is 1. The molecule has 1 aromatic carbocycles. The highest BCUT2D eigenvalue weighted by Crippen LogP contribution is 2.31. The van der Waals surface area contributed by atoms with Crippen LogP contribution in [0.5, 0.6) is 0 Å². The Morgan fingerprint density at radius 2 is 1.88 bits per heavy atom. The minimum Gasteiger partial charge on any atom is -0.378 e. The lowest BCUT2D eigenvalue weighted by molar-refractivity contribution is -0.119. The van der Waals surface area contributed by atoms with E-state index >= 15 is 0 Å². The molecule has 1 saturated carbocycles. The van der Waals surface area contributed by atoms with Crippen LogP contribution < -0.4 is 9.70 Å². The van der Waals surface area contributed by atoms with Crippen LogP contribution in [-0.4, -0.2) is 51.6 Å². The van der Waals surface area contributed by atoms with Gasteiger partial charge in [0.05, 0.1) is 13.2 Å². The molecule has 0 unspecified atom stereocenters. The fourth-order valence-corrected chi connectivity index (χ4v) is 4.98. The zero-order valence-corrected chi connectivity index (χ0v) is 19.4. The number of Topliss-reactive ketones (excluding diaryl/α,β-unsaturated/α-hetero) is 1. The maximum Gasteiger partial charge on any atom is 0.241 e. The molecule has 0 radical (unpaired) electrons. The Hall–Kier alpha value is -2.56. The molecule has 0 spiro atoms. The van der Waals surface area contributed by atoms with Gasteiger partial charge in [0.2, 0.25) is 11.9 Å². The van der Waals surface area contributed by atoms with Crippen LogP contribution in [0.2, 0.25) is 0 Å². The summed E-state index contributed by atoms with van der Waals surface area (Å²) in [7, 11) is 0. The average molecular weight is 469 g/mol. The third-order valence-electron chi connectivity index (χ3n) is 5.43. The van der Waals surface area contributed by atoms with Gasteiger partial charge >= 0.3 is 0 Å². The lowest BCUT2D eigenvalue weighted by Gasteiger charge is -2.27. The first-order chi connectivity index (χ1) is 15.5. The van der Waals surface area contributed by atoms with Crippen molar-refractivity contribution in [1.29, 1.82) is 5.41 Å². The minimum absolute atomic E-state index is 0.284. The van der Waals surface area contributed by atoms with Gasteiger partial charge < -0.3 is 9.64 Å². The number of hydrogen-bond acceptors (Lipinski definition) is 9. The normalized spacial score (nSPS) is 16.3. The number of aryl methyl sites for hydroxylation is 1. The van der Waals surface area contributed by atoms with Crippen molar-refractivity contribution in [2.45, 2.75) is 36.2 Å². The van der Waals surface area contributed by atoms with Crippen LogP contribution in [0, 0.1) is 18.3 Å². The summed E-state index contributed by atoms with van der Waals surface area (Å²) in [6, 6.07) is 8.03. The standard InChI is InChI=1S/C22H24N6O2S2/c1-14-13-28(19(23)31-14)21-24-20(27-8-10-30-11-9-27)25-22(26-21)32-17-6-2-15(3-7-17)12-18(29)16-4-5-16/h2-3,6-7,13,16,23H,4-5,8-12H2,1H3. The molecule has 1 aliphatic carbocycles. The van der Waals surface area contributed by atoms with Crippen molar-refractivity contribution in [3.63, 3.8) is 0 Å². The van der Waals surface area contributed by atoms with Gasteiger partial charge in [-0.3, -0.25) is 14.8 Å². The summed E-state index contributed by atoms with van der Waals surface area (Å²) in [4.78, 5) is 30.6. The number of rotatable bonds is 7. The lowest BCUT2D eigenvalue weighted by Crippen LogP contribution is -2.37. The van der Waals surface area contributed by atoms with Gasteiger partial charge in [-0.05, 0) is 49.2 Å². The van der Waals surface area contributed by atoms with E-state index < -0.39 is 0 Å². The predicted octanol–water partition coefficient (Wildman–Crippen LogP) is 3.02. The van der Waals surface area contributed by atoms with Crippen LogP contribution in [0.15, 0.2) is 40.5 Å². The largest absolute Gasteiger partial charge is 0.378 e. The first-order valence-electron chi connectivity index (χ1n) is 10.7. The number of ether oxygens (including phenoxy) is 1. The van der Waals surface area contributed by atoms with Gasteiger partial charge in [0, 0.05) is 41.4 Å². The third kappa shape index (κ3) is 4.92. The van der Waals surface area contributed by atoms with Gasteiger partial charge in [0.25, 0.3) is 0 Å². The first-order valence-corrected chi connectivity index (χ1v) is 12.3. The number of carbonyl (C=O) groups is 1. The topological polar surface area (TPSA) is 97.0 Å². The number of nitrogens with one attached hydrogen (secondary N) is 1. The molecule has 1 saturated heterocycles. The molecule has 1 aliphatic heterocycles. The highest BCUT2D eigenvalue weighted by molar-refractivity contribution is 7.99. The second-order valence-corrected chi connectivity index (χ2v) is 10.3. The van der Waals surface area contributed by atoms with Crippen molar-refractivity contribution in [3.8, 4) is 5.95 Å². The van der Waals surface area contributed by atoms with Crippen molar-refractivity contribution in [3.05, 3.63) is 45.7 Å². The molecule has 5 rings (SSSR count). The second kappa shape index (κ2) is 9.13. The molecular weight excluding hydrogens is 444 g/mol. The van der Waals surface area contributed by atoms with E-state index in [0.29, 0.717) is 47.3 Å². The number of benzene rings is 1. The van der Waals surface area contributed by atoms with Crippen LogP contribution in [0.3, 0.4) is 0 Å². The molecule has 3 heterocycles. The number of hydrogen-bond donors (Lipinski definition) is 1. The Morgan fingerprint density at radius 1 is 1.16 bits per heavy atom. The van der Waals surface area contributed by atoms with Gasteiger partial charge in [-0.1, -0.05) is 12.1 Å². The number of morpholine rings is 1. The van der Waals surface area contributed by atoms with E-state index in [0.717, 1.165) is 41.3 Å². The highest BCUT2D eigenvalue weighted by atomic mass is 32.2. The van der Waals surface area contributed by atoms with Crippen molar-refractivity contribution < 1.29 is 9.53 Å². The summed E-state index contributed by atoms with van der Waals surface area (Å²) >= 11 is 2.85. The lowest BCUT2D eigenvalue weighted by atomic mass is 10.1. The summed E-state index contributed by atoms with van der Waals surface area (Å²) in [5.41, 5.74) is 1.04. The molecule has 166 valence electrons. The molecule has 2 aromatic heterocycles. The van der Waals surface area contributed by atoms with Crippen molar-refractivity contribution >= 4 is 34.8 Å². The van der Waals surface area contributed by atoms with Crippen LogP contribution in [0.25, 0.3) is 5.95 Å². The Labute approximate surface area is 194 Å². The summed E-state index contributed by atoms with van der Waals surface area (Å²) in [5.74, 6) is 1.68. The summed E-state index contributed by atoms with van der Waals surface area (Å²) in [6.07, 6.45) is 4.47. The van der Waals surface area contributed by atoms with Gasteiger partial charge in [0.1, 0.15) is 5.78 Å². The molecule has 0 atom stereocenters. The van der Waals surface area contributed by atoms with E-state index in [4.69, 9.17) is 15.1 Å². The zero-order chi connectivity index (χ0) is 22.1. The Morgan fingerprint density at radius 3 is 2.53 bits per heavy atom. The number of aromatic nitrogens is 4.